The molecule has 0 bridgehead atoms. The maximum Gasteiger partial charge on any atom is 0.260 e. The standard InChI is InChI=1S/C18H22N4O3S2/c1-5-9(2)6-12-11(4)27-17-15(12)16(24)20-18(21-17)26-8-14(23)19-13-7-10(3)25-22-13/h7,9H,5-6,8H2,1-4H3,(H,19,22,23)(H,20,21,24)/t9-/m0/s1. The van der Waals surface area contributed by atoms with Gasteiger partial charge in [0.15, 0.2) is 11.0 Å². The van der Waals surface area contributed by atoms with Gasteiger partial charge in [-0.25, -0.2) is 4.98 Å². The van der Waals surface area contributed by atoms with Crippen molar-refractivity contribution in [1.29, 1.82) is 0 Å². The largest absolute Gasteiger partial charge is 0.360 e. The number of anilines is 1. The molecule has 3 heterocycles. The minimum absolute atomic E-state index is 0.116. The molecule has 27 heavy (non-hydrogen) atoms. The van der Waals surface area contributed by atoms with E-state index in [1.807, 2.05) is 6.92 Å². The second-order valence-electron chi connectivity index (χ2n) is 6.57. The number of carbonyl (C=O) groups is 1. The fourth-order valence-corrected chi connectivity index (χ4v) is 4.47. The molecule has 1 amide bonds. The summed E-state index contributed by atoms with van der Waals surface area (Å²) in [6.07, 6.45) is 1.94. The Kier molecular flexibility index (Phi) is 6.01. The van der Waals surface area contributed by atoms with Crippen molar-refractivity contribution in [3.8, 4) is 0 Å². The Morgan fingerprint density at radius 1 is 1.44 bits per heavy atom. The predicted octanol–water partition coefficient (Wildman–Crippen LogP) is 3.91. The van der Waals surface area contributed by atoms with Crippen molar-refractivity contribution in [2.45, 2.75) is 45.7 Å². The second kappa shape index (κ2) is 8.26. The molecule has 1 atom stereocenters. The van der Waals surface area contributed by atoms with Gasteiger partial charge >= 0.3 is 0 Å². The highest BCUT2D eigenvalue weighted by Crippen LogP contribution is 2.30. The van der Waals surface area contributed by atoms with Crippen LogP contribution in [0.5, 0.6) is 0 Å². The molecule has 0 aliphatic rings. The van der Waals surface area contributed by atoms with E-state index in [4.69, 9.17) is 4.52 Å². The Morgan fingerprint density at radius 3 is 2.89 bits per heavy atom. The number of thiophene rings is 1. The Bertz CT molecular complexity index is 1020. The van der Waals surface area contributed by atoms with Crippen LogP contribution < -0.4 is 10.9 Å². The van der Waals surface area contributed by atoms with Gasteiger partial charge in [0, 0.05) is 10.9 Å². The van der Waals surface area contributed by atoms with Gasteiger partial charge in [0.05, 0.1) is 11.1 Å². The number of thioether (sulfide) groups is 1. The Morgan fingerprint density at radius 2 is 2.22 bits per heavy atom. The minimum atomic E-state index is -0.240. The molecule has 144 valence electrons. The number of nitrogens with zero attached hydrogens (tertiary/aromatic N) is 2. The lowest BCUT2D eigenvalue weighted by molar-refractivity contribution is -0.113. The molecule has 0 spiro atoms. The first kappa shape index (κ1) is 19.6. The molecule has 0 saturated heterocycles. The number of nitrogens with one attached hydrogen (secondary N) is 2. The Hall–Kier alpha value is -2.13. The van der Waals surface area contributed by atoms with E-state index < -0.39 is 0 Å². The predicted molar refractivity (Wildman–Crippen MR) is 109 cm³/mol. The molecule has 2 N–H and O–H groups in total. The maximum absolute atomic E-state index is 12.6. The molecule has 0 saturated carbocycles. The molecular weight excluding hydrogens is 384 g/mol. The lowest BCUT2D eigenvalue weighted by Crippen LogP contribution is -2.16. The molecule has 3 aromatic heterocycles. The van der Waals surface area contributed by atoms with E-state index >= 15 is 0 Å². The normalized spacial score (nSPS) is 12.4. The highest BCUT2D eigenvalue weighted by molar-refractivity contribution is 7.99. The number of amides is 1. The molecule has 3 aromatic rings. The molecule has 0 unspecified atom stereocenters. The Labute approximate surface area is 164 Å². The number of rotatable bonds is 7. The lowest BCUT2D eigenvalue weighted by Gasteiger charge is -2.08. The van der Waals surface area contributed by atoms with Gasteiger partial charge in [-0.2, -0.15) is 0 Å². The summed E-state index contributed by atoms with van der Waals surface area (Å²) in [6, 6.07) is 1.64. The number of aromatic amines is 1. The minimum Gasteiger partial charge on any atom is -0.360 e. The van der Waals surface area contributed by atoms with Crippen LogP contribution in [0, 0.1) is 19.8 Å². The highest BCUT2D eigenvalue weighted by Gasteiger charge is 2.17. The molecule has 7 nitrogen and oxygen atoms in total. The van der Waals surface area contributed by atoms with Crippen LogP contribution >= 0.6 is 23.1 Å². The summed E-state index contributed by atoms with van der Waals surface area (Å²) in [7, 11) is 0. The average Bonchev–Trinajstić information content (AvgIpc) is 3.16. The number of carbonyl (C=O) groups excluding carboxylic acids is 1. The van der Waals surface area contributed by atoms with E-state index in [9.17, 15) is 9.59 Å². The highest BCUT2D eigenvalue weighted by atomic mass is 32.2. The first-order valence-electron chi connectivity index (χ1n) is 8.75. The summed E-state index contributed by atoms with van der Waals surface area (Å²) in [4.78, 5) is 33.9. The van der Waals surface area contributed by atoms with E-state index in [1.165, 1.54) is 23.1 Å². The fraction of sp³-hybridized carbons (Fsp3) is 0.444. The topological polar surface area (TPSA) is 101 Å². The van der Waals surface area contributed by atoms with Gasteiger partial charge in [0.2, 0.25) is 5.91 Å². The first-order chi connectivity index (χ1) is 12.9. The van der Waals surface area contributed by atoms with E-state index in [1.54, 1.807) is 13.0 Å². The van der Waals surface area contributed by atoms with Gasteiger partial charge in [0.1, 0.15) is 10.6 Å². The molecule has 9 heteroatoms. The van der Waals surface area contributed by atoms with E-state index in [2.05, 4.69) is 34.3 Å². The lowest BCUT2D eigenvalue weighted by atomic mass is 9.98. The average molecular weight is 407 g/mol. The van der Waals surface area contributed by atoms with Crippen molar-refractivity contribution in [3.63, 3.8) is 0 Å². The summed E-state index contributed by atoms with van der Waals surface area (Å²) >= 11 is 2.72. The summed E-state index contributed by atoms with van der Waals surface area (Å²) in [5.74, 6) is 1.38. The smallest absolute Gasteiger partial charge is 0.260 e. The van der Waals surface area contributed by atoms with Gasteiger partial charge in [-0.15, -0.1) is 11.3 Å². The van der Waals surface area contributed by atoms with Crippen molar-refractivity contribution < 1.29 is 9.32 Å². The quantitative estimate of drug-likeness (QED) is 0.456. The Balaban J connectivity index is 1.74. The SMILES string of the molecule is CC[C@H](C)Cc1c(C)sc2nc(SCC(=O)Nc3cc(C)on3)[nH]c(=O)c12. The third kappa shape index (κ3) is 4.59. The van der Waals surface area contributed by atoms with Crippen LogP contribution in [0.4, 0.5) is 5.82 Å². The van der Waals surface area contributed by atoms with Crippen molar-refractivity contribution >= 4 is 45.0 Å². The number of aryl methyl sites for hydroxylation is 2. The van der Waals surface area contributed by atoms with Crippen molar-refractivity contribution in [1.82, 2.24) is 15.1 Å². The zero-order valence-electron chi connectivity index (χ0n) is 15.7. The van der Waals surface area contributed by atoms with E-state index in [-0.39, 0.29) is 17.2 Å². The molecule has 0 aromatic carbocycles. The van der Waals surface area contributed by atoms with Gasteiger partial charge in [0.25, 0.3) is 5.56 Å². The van der Waals surface area contributed by atoms with Gasteiger partial charge in [-0.3, -0.25) is 9.59 Å². The zero-order chi connectivity index (χ0) is 19.6. The van der Waals surface area contributed by atoms with Crippen molar-refractivity contribution in [2.75, 3.05) is 11.1 Å². The van der Waals surface area contributed by atoms with Crippen LogP contribution in [0.1, 0.15) is 36.5 Å². The van der Waals surface area contributed by atoms with Crippen molar-refractivity contribution in [3.05, 3.63) is 32.6 Å². The van der Waals surface area contributed by atoms with Gasteiger partial charge in [-0.05, 0) is 31.7 Å². The molecular formula is C18H22N4O3S2. The van der Waals surface area contributed by atoms with Crippen molar-refractivity contribution in [2.24, 2.45) is 5.92 Å². The van der Waals surface area contributed by atoms with E-state index in [0.717, 1.165) is 28.1 Å². The number of aromatic nitrogens is 3. The molecule has 3 rings (SSSR count). The van der Waals surface area contributed by atoms with Crippen LogP contribution in [0.15, 0.2) is 20.5 Å². The summed E-state index contributed by atoms with van der Waals surface area (Å²) in [5, 5.41) is 7.49. The fourth-order valence-electron chi connectivity index (χ4n) is 2.70. The third-order valence-corrected chi connectivity index (χ3v) is 6.24. The number of fused-ring (bicyclic) bond motifs is 1. The molecule has 0 aliphatic heterocycles. The summed E-state index contributed by atoms with van der Waals surface area (Å²) < 4.78 is 4.91. The first-order valence-corrected chi connectivity index (χ1v) is 10.6. The number of hydrogen-bond donors (Lipinski definition) is 2. The molecule has 0 radical (unpaired) electrons. The number of hydrogen-bond acceptors (Lipinski definition) is 7. The van der Waals surface area contributed by atoms with Crippen LogP contribution in [-0.4, -0.2) is 26.8 Å². The van der Waals surface area contributed by atoms with Crippen LogP contribution in [0.25, 0.3) is 10.2 Å². The molecule has 0 fully saturated rings. The summed E-state index contributed by atoms with van der Waals surface area (Å²) in [5.41, 5.74) is 0.950. The summed E-state index contributed by atoms with van der Waals surface area (Å²) in [6.45, 7) is 8.12. The maximum atomic E-state index is 12.6. The molecule has 0 aliphatic carbocycles. The van der Waals surface area contributed by atoms with Crippen LogP contribution in [0.3, 0.4) is 0 Å². The van der Waals surface area contributed by atoms with Crippen LogP contribution in [-0.2, 0) is 11.2 Å². The monoisotopic (exact) mass is 406 g/mol. The van der Waals surface area contributed by atoms with Gasteiger partial charge < -0.3 is 14.8 Å². The zero-order valence-corrected chi connectivity index (χ0v) is 17.3. The second-order valence-corrected chi connectivity index (χ2v) is 8.73. The third-order valence-electron chi connectivity index (χ3n) is 4.33. The van der Waals surface area contributed by atoms with Crippen LogP contribution in [0.2, 0.25) is 0 Å². The van der Waals surface area contributed by atoms with Gasteiger partial charge in [-0.1, -0.05) is 37.2 Å². The van der Waals surface area contributed by atoms with E-state index in [0.29, 0.717) is 28.0 Å². The number of H-pyrrole nitrogens is 1.